The number of rotatable bonds is 13. The zero-order chi connectivity index (χ0) is 15.4. The fourth-order valence-electron chi connectivity index (χ4n) is 1.21. The molecule has 0 rings (SSSR count). The van der Waals surface area contributed by atoms with Gasteiger partial charge in [0.05, 0.1) is 38.6 Å². The Hall–Kier alpha value is 0.540. The van der Waals surface area contributed by atoms with Crippen molar-refractivity contribution in [3.05, 3.63) is 0 Å². The largest absolute Gasteiger partial charge is 0.376 e. The van der Waals surface area contributed by atoms with Gasteiger partial charge in [-0.1, -0.05) is 21.6 Å². The molecule has 0 aliphatic carbocycles. The van der Waals surface area contributed by atoms with Crippen molar-refractivity contribution in [3.8, 4) is 0 Å². The standard InChI is InChI=1S/C14H30O4S2/c1-11(2)15-7-9-17-13(5)19-20-14(6)18-10-8-16-12(3)4/h11-14H,7-10H2,1-6H3. The molecule has 0 spiro atoms. The third kappa shape index (κ3) is 14.9. The highest BCUT2D eigenvalue weighted by Crippen LogP contribution is 2.31. The monoisotopic (exact) mass is 326 g/mol. The van der Waals surface area contributed by atoms with Crippen LogP contribution in [0.2, 0.25) is 0 Å². The minimum absolute atomic E-state index is 0.133. The van der Waals surface area contributed by atoms with Gasteiger partial charge in [-0.2, -0.15) is 0 Å². The summed E-state index contributed by atoms with van der Waals surface area (Å²) in [5.74, 6) is 0. The van der Waals surface area contributed by atoms with E-state index in [-0.39, 0.29) is 23.1 Å². The van der Waals surface area contributed by atoms with Gasteiger partial charge in [-0.25, -0.2) is 0 Å². The van der Waals surface area contributed by atoms with Crippen LogP contribution >= 0.6 is 21.6 Å². The highest BCUT2D eigenvalue weighted by molar-refractivity contribution is 8.77. The maximum absolute atomic E-state index is 5.64. The van der Waals surface area contributed by atoms with Gasteiger partial charge < -0.3 is 18.9 Å². The van der Waals surface area contributed by atoms with Crippen molar-refractivity contribution in [2.24, 2.45) is 0 Å². The first-order valence-electron chi connectivity index (χ1n) is 7.20. The summed E-state index contributed by atoms with van der Waals surface area (Å²) in [4.78, 5) is 0. The number of hydrogen-bond acceptors (Lipinski definition) is 6. The predicted molar refractivity (Wildman–Crippen MR) is 88.2 cm³/mol. The summed E-state index contributed by atoms with van der Waals surface area (Å²) in [6.07, 6.45) is 0.523. The molecule has 4 nitrogen and oxygen atoms in total. The molecule has 0 saturated heterocycles. The van der Waals surface area contributed by atoms with Crippen molar-refractivity contribution in [2.45, 2.75) is 64.6 Å². The second-order valence-electron chi connectivity index (χ2n) is 4.91. The van der Waals surface area contributed by atoms with E-state index in [0.29, 0.717) is 26.4 Å². The molecule has 122 valence electrons. The van der Waals surface area contributed by atoms with E-state index in [2.05, 4.69) is 0 Å². The predicted octanol–water partition coefficient (Wildman–Crippen LogP) is 3.94. The van der Waals surface area contributed by atoms with Crippen molar-refractivity contribution < 1.29 is 18.9 Å². The van der Waals surface area contributed by atoms with Gasteiger partial charge in [0.25, 0.3) is 0 Å². The van der Waals surface area contributed by atoms with E-state index in [1.165, 1.54) is 0 Å². The fourth-order valence-corrected chi connectivity index (χ4v) is 3.10. The molecular weight excluding hydrogens is 296 g/mol. The molecule has 0 aromatic heterocycles. The molecule has 0 bridgehead atoms. The minimum atomic E-state index is 0.133. The summed E-state index contributed by atoms with van der Waals surface area (Å²) in [5, 5.41) is 0. The zero-order valence-electron chi connectivity index (χ0n) is 13.6. The summed E-state index contributed by atoms with van der Waals surface area (Å²) in [6.45, 7) is 14.7. The summed E-state index contributed by atoms with van der Waals surface area (Å²) < 4.78 is 22.1. The fraction of sp³-hybridized carbons (Fsp3) is 1.00. The van der Waals surface area contributed by atoms with Crippen molar-refractivity contribution >= 4 is 21.6 Å². The van der Waals surface area contributed by atoms with Crippen LogP contribution in [-0.4, -0.2) is 49.5 Å². The highest BCUT2D eigenvalue weighted by Gasteiger charge is 2.09. The van der Waals surface area contributed by atoms with Crippen LogP contribution in [0.25, 0.3) is 0 Å². The van der Waals surface area contributed by atoms with Gasteiger partial charge in [0.1, 0.15) is 10.9 Å². The van der Waals surface area contributed by atoms with E-state index in [1.807, 2.05) is 41.5 Å². The van der Waals surface area contributed by atoms with E-state index in [1.54, 1.807) is 21.6 Å². The molecule has 0 fully saturated rings. The summed E-state index contributed by atoms with van der Waals surface area (Å²) in [6, 6.07) is 0. The molecule has 0 saturated carbocycles. The van der Waals surface area contributed by atoms with Crippen LogP contribution in [0.3, 0.4) is 0 Å². The Morgan fingerprint density at radius 3 is 1.15 bits per heavy atom. The Kier molecular flexibility index (Phi) is 13.6. The molecular formula is C14H30O4S2. The van der Waals surface area contributed by atoms with Crippen LogP contribution in [-0.2, 0) is 18.9 Å². The third-order valence-corrected chi connectivity index (χ3v) is 4.99. The second kappa shape index (κ2) is 13.2. The van der Waals surface area contributed by atoms with Crippen molar-refractivity contribution in [1.29, 1.82) is 0 Å². The van der Waals surface area contributed by atoms with Crippen molar-refractivity contribution in [2.75, 3.05) is 26.4 Å². The van der Waals surface area contributed by atoms with E-state index in [4.69, 9.17) is 18.9 Å². The summed E-state index contributed by atoms with van der Waals surface area (Å²) in [5.41, 5.74) is 0.266. The second-order valence-corrected chi connectivity index (χ2v) is 7.78. The average Bonchev–Trinajstić information content (AvgIpc) is 2.37. The van der Waals surface area contributed by atoms with Gasteiger partial charge in [-0.3, -0.25) is 0 Å². The quantitative estimate of drug-likeness (QED) is 0.290. The molecule has 0 N–H and O–H groups in total. The molecule has 6 heteroatoms. The summed E-state index contributed by atoms with van der Waals surface area (Å²) >= 11 is 0. The van der Waals surface area contributed by atoms with Crippen molar-refractivity contribution in [3.63, 3.8) is 0 Å². The highest BCUT2D eigenvalue weighted by atomic mass is 33.1. The van der Waals surface area contributed by atoms with E-state index in [0.717, 1.165) is 0 Å². The first kappa shape index (κ1) is 20.5. The Bertz CT molecular complexity index is 193. The minimum Gasteiger partial charge on any atom is -0.376 e. The lowest BCUT2D eigenvalue weighted by atomic mass is 10.5. The van der Waals surface area contributed by atoms with Gasteiger partial charge in [0.2, 0.25) is 0 Å². The van der Waals surface area contributed by atoms with Crippen LogP contribution in [0.15, 0.2) is 0 Å². The van der Waals surface area contributed by atoms with E-state index in [9.17, 15) is 0 Å². The zero-order valence-corrected chi connectivity index (χ0v) is 15.2. The molecule has 20 heavy (non-hydrogen) atoms. The maximum Gasteiger partial charge on any atom is 0.110 e. The molecule has 0 heterocycles. The normalized spacial score (nSPS) is 15.0. The smallest absolute Gasteiger partial charge is 0.110 e. The molecule has 0 amide bonds. The molecule has 0 aliphatic heterocycles. The van der Waals surface area contributed by atoms with Gasteiger partial charge in [0.15, 0.2) is 0 Å². The lowest BCUT2D eigenvalue weighted by Crippen LogP contribution is -2.14. The SMILES string of the molecule is CC(C)OCCOC(C)SSC(C)OCCOC(C)C. The third-order valence-electron chi connectivity index (χ3n) is 2.10. The Balaban J connectivity index is 3.41. The molecule has 0 aromatic carbocycles. The number of hydrogen-bond donors (Lipinski definition) is 0. The molecule has 0 aromatic rings. The van der Waals surface area contributed by atoms with Crippen LogP contribution in [0.4, 0.5) is 0 Å². The average molecular weight is 327 g/mol. The van der Waals surface area contributed by atoms with E-state index >= 15 is 0 Å². The van der Waals surface area contributed by atoms with Crippen LogP contribution in [0.1, 0.15) is 41.5 Å². The molecule has 2 atom stereocenters. The summed E-state index contributed by atoms with van der Waals surface area (Å²) in [7, 11) is 3.36. The Morgan fingerprint density at radius 1 is 0.550 bits per heavy atom. The Morgan fingerprint density at radius 2 is 0.850 bits per heavy atom. The van der Waals surface area contributed by atoms with Gasteiger partial charge in [-0.05, 0) is 41.5 Å². The van der Waals surface area contributed by atoms with E-state index < -0.39 is 0 Å². The van der Waals surface area contributed by atoms with Gasteiger partial charge in [0, 0.05) is 0 Å². The molecule has 0 radical (unpaired) electrons. The van der Waals surface area contributed by atoms with Crippen molar-refractivity contribution in [1.82, 2.24) is 0 Å². The molecule has 2 unspecified atom stereocenters. The van der Waals surface area contributed by atoms with Crippen LogP contribution < -0.4 is 0 Å². The first-order valence-corrected chi connectivity index (χ1v) is 9.48. The Labute approximate surface area is 132 Å². The van der Waals surface area contributed by atoms with Gasteiger partial charge in [-0.15, -0.1) is 0 Å². The van der Waals surface area contributed by atoms with Gasteiger partial charge >= 0.3 is 0 Å². The number of ether oxygens (including phenoxy) is 4. The molecule has 0 aliphatic rings. The van der Waals surface area contributed by atoms with Crippen LogP contribution in [0.5, 0.6) is 0 Å². The lowest BCUT2D eigenvalue weighted by Gasteiger charge is -2.17. The topological polar surface area (TPSA) is 36.9 Å². The van der Waals surface area contributed by atoms with Crippen LogP contribution in [0, 0.1) is 0 Å². The maximum atomic E-state index is 5.64. The first-order chi connectivity index (χ1) is 9.41. The lowest BCUT2D eigenvalue weighted by molar-refractivity contribution is 0.0151.